The van der Waals surface area contributed by atoms with Crippen LogP contribution in [-0.4, -0.2) is 22.6 Å². The zero-order valence-electron chi connectivity index (χ0n) is 21.0. The van der Waals surface area contributed by atoms with Gasteiger partial charge in [-0.2, -0.15) is 0 Å². The van der Waals surface area contributed by atoms with Crippen molar-refractivity contribution in [2.45, 2.75) is 52.4 Å². The molecule has 0 fully saturated rings. The normalized spacial score (nSPS) is 12.0. The Morgan fingerprint density at radius 3 is 1.34 bits per heavy atom. The molecule has 0 heterocycles. The number of aliphatic imine (C=N–C) groups is 2. The van der Waals surface area contributed by atoms with Gasteiger partial charge in [0, 0.05) is 23.6 Å². The van der Waals surface area contributed by atoms with Crippen LogP contribution in [0.2, 0.25) is 0 Å². The SMILES string of the molecule is CC(C)(C)c1cccc(C=Nc2cccc(N=Cc3cccc(C(C)(C)C)c3O)c2)c1O.[Cl][Ti][Cl]. The minimum atomic E-state index is -0.556. The Kier molecular flexibility index (Phi) is 10.6. The molecule has 3 aromatic carbocycles. The van der Waals surface area contributed by atoms with Gasteiger partial charge in [0.25, 0.3) is 0 Å². The predicted molar refractivity (Wildman–Crippen MR) is 146 cm³/mol. The van der Waals surface area contributed by atoms with Crippen molar-refractivity contribution in [2.75, 3.05) is 0 Å². The van der Waals surface area contributed by atoms with Crippen molar-refractivity contribution in [3.8, 4) is 11.5 Å². The van der Waals surface area contributed by atoms with Gasteiger partial charge in [-0.25, -0.2) is 0 Å². The summed E-state index contributed by atoms with van der Waals surface area (Å²) in [6.45, 7) is 12.4. The van der Waals surface area contributed by atoms with Gasteiger partial charge in [0.15, 0.2) is 0 Å². The van der Waals surface area contributed by atoms with E-state index in [1.807, 2.05) is 60.7 Å². The average Bonchev–Trinajstić information content (AvgIpc) is 2.77. The molecule has 184 valence electrons. The molecule has 3 rings (SSSR count). The zero-order chi connectivity index (χ0) is 26.2. The van der Waals surface area contributed by atoms with E-state index in [9.17, 15) is 10.2 Å². The fourth-order valence-electron chi connectivity index (χ4n) is 3.48. The number of hydrogen-bond donors (Lipinski definition) is 2. The van der Waals surface area contributed by atoms with E-state index in [1.54, 1.807) is 12.4 Å². The van der Waals surface area contributed by atoms with E-state index in [-0.39, 0.29) is 22.3 Å². The first-order valence-corrected chi connectivity index (χ1v) is 15.5. The van der Waals surface area contributed by atoms with E-state index < -0.39 is 17.0 Å². The summed E-state index contributed by atoms with van der Waals surface area (Å²) in [5.74, 6) is 0.513. The van der Waals surface area contributed by atoms with E-state index in [0.29, 0.717) is 11.1 Å². The van der Waals surface area contributed by atoms with Crippen LogP contribution in [0.1, 0.15) is 63.8 Å². The molecule has 0 bridgehead atoms. The molecular formula is C28H32Cl2N2O2Ti. The van der Waals surface area contributed by atoms with E-state index in [2.05, 4.69) is 51.5 Å². The molecule has 2 N–H and O–H groups in total. The molecule has 0 aromatic heterocycles. The molecule has 0 aliphatic carbocycles. The van der Waals surface area contributed by atoms with Crippen LogP contribution in [-0.2, 0) is 27.9 Å². The van der Waals surface area contributed by atoms with Crippen LogP contribution in [0.5, 0.6) is 11.5 Å². The summed E-state index contributed by atoms with van der Waals surface area (Å²) in [6, 6.07) is 19.0. The van der Waals surface area contributed by atoms with Crippen molar-refractivity contribution >= 4 is 42.4 Å². The molecule has 0 atom stereocenters. The second-order valence-corrected chi connectivity index (χ2v) is 12.7. The maximum absolute atomic E-state index is 10.6. The summed E-state index contributed by atoms with van der Waals surface area (Å²) in [7, 11) is 9.78. The van der Waals surface area contributed by atoms with E-state index in [4.69, 9.17) is 18.6 Å². The van der Waals surface area contributed by atoms with Crippen LogP contribution in [0.4, 0.5) is 11.4 Å². The number of benzene rings is 3. The van der Waals surface area contributed by atoms with Gasteiger partial charge >= 0.3 is 35.6 Å². The summed E-state index contributed by atoms with van der Waals surface area (Å²) in [4.78, 5) is 9.06. The molecule has 0 saturated heterocycles. The van der Waals surface area contributed by atoms with Crippen LogP contribution >= 0.6 is 18.6 Å². The van der Waals surface area contributed by atoms with Crippen LogP contribution < -0.4 is 0 Å². The molecule has 0 aliphatic heterocycles. The third-order valence-electron chi connectivity index (χ3n) is 5.29. The number of halogens is 2. The van der Waals surface area contributed by atoms with Crippen molar-refractivity contribution < 1.29 is 27.2 Å². The second kappa shape index (κ2) is 12.7. The van der Waals surface area contributed by atoms with Crippen molar-refractivity contribution in [3.05, 3.63) is 82.9 Å². The van der Waals surface area contributed by atoms with Gasteiger partial charge in [0.05, 0.1) is 11.4 Å². The molecule has 35 heavy (non-hydrogen) atoms. The van der Waals surface area contributed by atoms with E-state index >= 15 is 0 Å². The topological polar surface area (TPSA) is 65.2 Å². The second-order valence-electron chi connectivity index (χ2n) is 10.1. The summed E-state index contributed by atoms with van der Waals surface area (Å²) >= 11 is -0.556. The van der Waals surface area contributed by atoms with Crippen molar-refractivity contribution in [1.29, 1.82) is 0 Å². The molecule has 0 spiro atoms. The number of phenols is 2. The third-order valence-corrected chi connectivity index (χ3v) is 5.29. The fraction of sp³-hybridized carbons (Fsp3) is 0.286. The summed E-state index contributed by atoms with van der Waals surface area (Å²) in [6.07, 6.45) is 3.35. The van der Waals surface area contributed by atoms with Gasteiger partial charge in [-0.3, -0.25) is 9.98 Å². The molecular weight excluding hydrogens is 515 g/mol. The Bertz CT molecular complexity index is 1110. The Hall–Kier alpha value is -2.11. The van der Waals surface area contributed by atoms with Crippen molar-refractivity contribution in [3.63, 3.8) is 0 Å². The minimum absolute atomic E-state index is 0.154. The Morgan fingerprint density at radius 1 is 0.657 bits per heavy atom. The first-order valence-electron chi connectivity index (χ1n) is 11.2. The summed E-state index contributed by atoms with van der Waals surface area (Å²) in [5, 5.41) is 21.3. The first kappa shape index (κ1) is 29.1. The molecule has 3 aromatic rings. The maximum atomic E-state index is 10.6. The standard InChI is InChI=1S/C28H32N2O2.2ClH.Ti/c1-27(2,3)23-14-7-10-19(25(23)31)17-29-21-12-9-13-22(16-21)30-18-20-11-8-15-24(26(20)32)28(4,5)6;;;/h7-18,31-32H,1-6H3;2*1H;/q;;;+2/p-2. The molecule has 0 saturated carbocycles. The Labute approximate surface area is 225 Å². The average molecular weight is 547 g/mol. The van der Waals surface area contributed by atoms with Gasteiger partial charge in [0.1, 0.15) is 11.5 Å². The van der Waals surface area contributed by atoms with Gasteiger partial charge < -0.3 is 10.2 Å². The van der Waals surface area contributed by atoms with Crippen molar-refractivity contribution in [1.82, 2.24) is 0 Å². The Morgan fingerprint density at radius 2 is 1.00 bits per heavy atom. The number of phenolic OH excluding ortho intramolecular Hbond substituents is 2. The molecule has 4 nitrogen and oxygen atoms in total. The molecule has 0 aliphatic rings. The molecule has 0 radical (unpaired) electrons. The van der Waals surface area contributed by atoms with Crippen LogP contribution in [0.3, 0.4) is 0 Å². The van der Waals surface area contributed by atoms with Crippen LogP contribution in [0.15, 0.2) is 70.6 Å². The van der Waals surface area contributed by atoms with E-state index in [1.165, 1.54) is 0 Å². The monoisotopic (exact) mass is 546 g/mol. The van der Waals surface area contributed by atoms with Gasteiger partial charge in [-0.1, -0.05) is 71.9 Å². The number of aromatic hydroxyl groups is 2. The number of rotatable bonds is 4. The molecule has 7 heteroatoms. The molecule has 0 amide bonds. The Balaban J connectivity index is 0.00000137. The number of para-hydroxylation sites is 2. The summed E-state index contributed by atoms with van der Waals surface area (Å²) in [5.41, 5.74) is 4.28. The summed E-state index contributed by atoms with van der Waals surface area (Å²) < 4.78 is 0. The van der Waals surface area contributed by atoms with Crippen LogP contribution in [0.25, 0.3) is 0 Å². The zero-order valence-corrected chi connectivity index (χ0v) is 24.0. The van der Waals surface area contributed by atoms with Gasteiger partial charge in [-0.05, 0) is 52.3 Å². The quantitative estimate of drug-likeness (QED) is 0.254. The van der Waals surface area contributed by atoms with Gasteiger partial charge in [0.2, 0.25) is 0 Å². The van der Waals surface area contributed by atoms with Gasteiger partial charge in [-0.15, -0.1) is 0 Å². The van der Waals surface area contributed by atoms with E-state index in [0.717, 1.165) is 22.5 Å². The van der Waals surface area contributed by atoms with Crippen LogP contribution in [0, 0.1) is 0 Å². The number of nitrogens with zero attached hydrogens (tertiary/aromatic N) is 2. The predicted octanol–water partition coefficient (Wildman–Crippen LogP) is 8.57. The third kappa shape index (κ3) is 8.50. The van der Waals surface area contributed by atoms with Crippen molar-refractivity contribution in [2.24, 2.45) is 9.98 Å². The fourth-order valence-corrected chi connectivity index (χ4v) is 3.48. The first-order chi connectivity index (χ1) is 16.4. The number of hydrogen-bond acceptors (Lipinski definition) is 4. The molecule has 0 unspecified atom stereocenters.